The lowest BCUT2D eigenvalue weighted by atomic mass is 9.98. The van der Waals surface area contributed by atoms with Gasteiger partial charge in [-0.25, -0.2) is 4.79 Å². The van der Waals surface area contributed by atoms with E-state index >= 15 is 0 Å². The fourth-order valence-electron chi connectivity index (χ4n) is 3.93. The molecule has 0 saturated carbocycles. The second-order valence-electron chi connectivity index (χ2n) is 7.53. The average Bonchev–Trinajstić information content (AvgIpc) is 3.18. The maximum absolute atomic E-state index is 13.0. The Morgan fingerprint density at radius 1 is 1.30 bits per heavy atom. The highest BCUT2D eigenvalue weighted by Crippen LogP contribution is 2.33. The van der Waals surface area contributed by atoms with E-state index in [1.807, 2.05) is 31.2 Å². The van der Waals surface area contributed by atoms with Gasteiger partial charge in [0.1, 0.15) is 17.9 Å². The predicted molar refractivity (Wildman–Crippen MR) is 98.8 cm³/mol. The van der Waals surface area contributed by atoms with E-state index in [1.54, 1.807) is 17.9 Å². The molecule has 7 heteroatoms. The number of furan rings is 1. The van der Waals surface area contributed by atoms with Crippen molar-refractivity contribution in [3.8, 4) is 0 Å². The third-order valence-electron chi connectivity index (χ3n) is 5.61. The Kier molecular flexibility index (Phi) is 4.17. The summed E-state index contributed by atoms with van der Waals surface area (Å²) in [4.78, 5) is 40.9. The largest absolute Gasteiger partial charge is 0.458 e. The Hall–Kier alpha value is -2.83. The number of rotatable bonds is 3. The molecule has 2 aromatic rings. The second-order valence-corrected chi connectivity index (χ2v) is 7.53. The first-order valence-corrected chi connectivity index (χ1v) is 9.33. The number of likely N-dealkylation sites (tertiary alicyclic amines) is 1. The zero-order valence-electron chi connectivity index (χ0n) is 15.5. The fourth-order valence-corrected chi connectivity index (χ4v) is 3.93. The van der Waals surface area contributed by atoms with Gasteiger partial charge in [-0.2, -0.15) is 0 Å². The van der Waals surface area contributed by atoms with Crippen molar-refractivity contribution >= 4 is 28.8 Å². The number of para-hydroxylation sites is 1. The molecule has 2 aliphatic rings. The predicted octanol–water partition coefficient (Wildman–Crippen LogP) is 2.60. The van der Waals surface area contributed by atoms with Crippen LogP contribution in [0.5, 0.6) is 0 Å². The number of carbonyl (C=O) groups is 3. The summed E-state index contributed by atoms with van der Waals surface area (Å²) in [6.45, 7) is 4.04. The topological polar surface area (TPSA) is 82.9 Å². The summed E-state index contributed by atoms with van der Waals surface area (Å²) in [7, 11) is 0. The summed E-state index contributed by atoms with van der Waals surface area (Å²) < 4.78 is 5.80. The van der Waals surface area contributed by atoms with Crippen molar-refractivity contribution in [2.24, 2.45) is 0 Å². The van der Waals surface area contributed by atoms with Crippen molar-refractivity contribution in [1.82, 2.24) is 15.1 Å². The number of nitrogens with one attached hydrogen (secondary N) is 1. The molecule has 0 spiro atoms. The van der Waals surface area contributed by atoms with Gasteiger partial charge in [0.05, 0.1) is 0 Å². The molecular formula is C20H23N3O4. The Labute approximate surface area is 157 Å². The molecule has 7 nitrogen and oxygen atoms in total. The molecule has 0 bridgehead atoms. The van der Waals surface area contributed by atoms with Crippen LogP contribution in [0, 0.1) is 0 Å². The van der Waals surface area contributed by atoms with Crippen molar-refractivity contribution in [3.05, 3.63) is 36.1 Å². The standard InChI is InChI=1S/C20H23N3O4/c1-13-7-5-6-10-22(13)17(24)12-23-18(25)20(2,21-19(23)26)16-11-14-8-3-4-9-15(14)27-16/h3-4,8-9,11,13H,5-7,10,12H2,1-2H3,(H,21,26)/t13-,20+/m0/s1. The number of hydrogen-bond acceptors (Lipinski definition) is 4. The molecule has 27 heavy (non-hydrogen) atoms. The van der Waals surface area contributed by atoms with E-state index < -0.39 is 17.5 Å². The van der Waals surface area contributed by atoms with Gasteiger partial charge in [0.15, 0.2) is 5.54 Å². The SMILES string of the molecule is C[C@H]1CCCCN1C(=O)CN1C(=O)N[C@](C)(c2cc3ccccc3o2)C1=O. The summed E-state index contributed by atoms with van der Waals surface area (Å²) in [5.41, 5.74) is -0.670. The summed E-state index contributed by atoms with van der Waals surface area (Å²) in [5.74, 6) is -0.299. The summed E-state index contributed by atoms with van der Waals surface area (Å²) in [6, 6.07) is 8.73. The van der Waals surface area contributed by atoms with Crippen LogP contribution in [0.15, 0.2) is 34.7 Å². The first kappa shape index (κ1) is 17.6. The van der Waals surface area contributed by atoms with Crippen molar-refractivity contribution in [1.29, 1.82) is 0 Å². The van der Waals surface area contributed by atoms with Gasteiger partial charge < -0.3 is 14.6 Å². The van der Waals surface area contributed by atoms with Gasteiger partial charge in [-0.15, -0.1) is 0 Å². The van der Waals surface area contributed by atoms with E-state index in [0.717, 1.165) is 29.5 Å². The smallest absolute Gasteiger partial charge is 0.325 e. The highest BCUT2D eigenvalue weighted by Gasteiger charge is 2.52. The van der Waals surface area contributed by atoms with Crippen LogP contribution in [0.4, 0.5) is 4.79 Å². The quantitative estimate of drug-likeness (QED) is 0.843. The highest BCUT2D eigenvalue weighted by atomic mass is 16.3. The summed E-state index contributed by atoms with van der Waals surface area (Å²) in [6.07, 6.45) is 2.99. The summed E-state index contributed by atoms with van der Waals surface area (Å²) >= 11 is 0. The molecule has 0 aliphatic carbocycles. The zero-order chi connectivity index (χ0) is 19.2. The van der Waals surface area contributed by atoms with Crippen molar-refractivity contribution in [2.75, 3.05) is 13.1 Å². The molecule has 1 N–H and O–H groups in total. The molecule has 2 atom stereocenters. The van der Waals surface area contributed by atoms with Crippen LogP contribution >= 0.6 is 0 Å². The molecule has 142 valence electrons. The second kappa shape index (κ2) is 6.40. The molecule has 2 aliphatic heterocycles. The van der Waals surface area contributed by atoms with E-state index in [-0.39, 0.29) is 18.5 Å². The molecule has 4 amide bonds. The monoisotopic (exact) mass is 369 g/mol. The Balaban J connectivity index is 1.56. The van der Waals surface area contributed by atoms with Crippen molar-refractivity contribution in [2.45, 2.75) is 44.7 Å². The van der Waals surface area contributed by atoms with Crippen LogP contribution in [0.25, 0.3) is 11.0 Å². The molecular weight excluding hydrogens is 346 g/mol. The average molecular weight is 369 g/mol. The van der Waals surface area contributed by atoms with Crippen LogP contribution in [0.2, 0.25) is 0 Å². The normalized spacial score (nSPS) is 25.9. The number of fused-ring (bicyclic) bond motifs is 1. The number of urea groups is 1. The van der Waals surface area contributed by atoms with Gasteiger partial charge in [-0.3, -0.25) is 14.5 Å². The molecule has 2 fully saturated rings. The maximum atomic E-state index is 13.0. The van der Waals surface area contributed by atoms with E-state index in [2.05, 4.69) is 5.32 Å². The minimum absolute atomic E-state index is 0.133. The first-order chi connectivity index (χ1) is 12.9. The number of benzene rings is 1. The molecule has 1 aromatic heterocycles. The lowest BCUT2D eigenvalue weighted by molar-refractivity contribution is -0.141. The Morgan fingerprint density at radius 3 is 2.81 bits per heavy atom. The number of nitrogens with zero attached hydrogens (tertiary/aromatic N) is 2. The Bertz CT molecular complexity index is 888. The van der Waals surface area contributed by atoms with Gasteiger partial charge in [0.2, 0.25) is 5.91 Å². The van der Waals surface area contributed by atoms with Gasteiger partial charge in [0, 0.05) is 18.0 Å². The van der Waals surface area contributed by atoms with Gasteiger partial charge in [-0.05, 0) is 45.2 Å². The third-order valence-corrected chi connectivity index (χ3v) is 5.61. The number of carbonyl (C=O) groups excluding carboxylic acids is 3. The molecule has 3 heterocycles. The van der Waals surface area contributed by atoms with Crippen LogP contribution < -0.4 is 5.32 Å². The van der Waals surface area contributed by atoms with Gasteiger partial charge in [0.25, 0.3) is 5.91 Å². The molecule has 4 rings (SSSR count). The minimum atomic E-state index is -1.32. The minimum Gasteiger partial charge on any atom is -0.458 e. The van der Waals surface area contributed by atoms with E-state index in [4.69, 9.17) is 4.42 Å². The summed E-state index contributed by atoms with van der Waals surface area (Å²) in [5, 5.41) is 3.55. The zero-order valence-corrected chi connectivity index (χ0v) is 15.5. The molecule has 2 saturated heterocycles. The number of hydrogen-bond donors (Lipinski definition) is 1. The van der Waals surface area contributed by atoms with Crippen molar-refractivity contribution < 1.29 is 18.8 Å². The van der Waals surface area contributed by atoms with Crippen molar-refractivity contribution in [3.63, 3.8) is 0 Å². The van der Waals surface area contributed by atoms with Crippen LogP contribution in [-0.4, -0.2) is 46.8 Å². The molecule has 0 unspecified atom stereocenters. The number of piperidine rings is 1. The fraction of sp³-hybridized carbons (Fsp3) is 0.450. The molecule has 0 radical (unpaired) electrons. The van der Waals surface area contributed by atoms with Gasteiger partial charge in [-0.1, -0.05) is 18.2 Å². The number of amides is 4. The van der Waals surface area contributed by atoms with Gasteiger partial charge >= 0.3 is 6.03 Å². The van der Waals surface area contributed by atoms with E-state index in [1.165, 1.54) is 0 Å². The highest BCUT2D eigenvalue weighted by molar-refractivity contribution is 6.09. The van der Waals surface area contributed by atoms with Crippen LogP contribution in [0.3, 0.4) is 0 Å². The van der Waals surface area contributed by atoms with Crippen LogP contribution in [0.1, 0.15) is 38.9 Å². The lowest BCUT2D eigenvalue weighted by Crippen LogP contribution is -2.48. The maximum Gasteiger partial charge on any atom is 0.325 e. The number of imide groups is 1. The lowest BCUT2D eigenvalue weighted by Gasteiger charge is -2.34. The first-order valence-electron chi connectivity index (χ1n) is 9.33. The third kappa shape index (κ3) is 2.87. The van der Waals surface area contributed by atoms with E-state index in [9.17, 15) is 14.4 Å². The molecule has 1 aromatic carbocycles. The van der Waals surface area contributed by atoms with Crippen LogP contribution in [-0.2, 0) is 15.1 Å². The Morgan fingerprint density at radius 2 is 2.07 bits per heavy atom. The van der Waals surface area contributed by atoms with E-state index in [0.29, 0.717) is 17.9 Å².